The van der Waals surface area contributed by atoms with Crippen molar-refractivity contribution in [1.29, 1.82) is 5.26 Å². The van der Waals surface area contributed by atoms with Gasteiger partial charge in [-0.05, 0) is 37.3 Å². The molecule has 1 aromatic carbocycles. The summed E-state index contributed by atoms with van der Waals surface area (Å²) in [7, 11) is 0. The van der Waals surface area contributed by atoms with Gasteiger partial charge in [-0.1, -0.05) is 24.3 Å². The van der Waals surface area contributed by atoms with Crippen molar-refractivity contribution in [2.24, 2.45) is 0 Å². The molecule has 3 heterocycles. The summed E-state index contributed by atoms with van der Waals surface area (Å²) in [6, 6.07) is 15.6. The quantitative estimate of drug-likeness (QED) is 0.674. The molecule has 3 aromatic rings. The van der Waals surface area contributed by atoms with Gasteiger partial charge in [-0.3, -0.25) is 4.57 Å². The van der Waals surface area contributed by atoms with Crippen LogP contribution in [-0.4, -0.2) is 27.9 Å². The van der Waals surface area contributed by atoms with Gasteiger partial charge in [0.05, 0.1) is 16.8 Å². The number of nitrogens with zero attached hydrogens (tertiary/aromatic N) is 3. The first-order chi connectivity index (χ1) is 12.6. The molecule has 0 radical (unpaired) electrons. The molecule has 0 amide bonds. The molecule has 1 aliphatic heterocycles. The monoisotopic (exact) mass is 345 g/mol. The first-order valence-corrected chi connectivity index (χ1v) is 8.11. The number of hydrogen-bond donors (Lipinski definition) is 0. The molecule has 1 atom stereocenters. The van der Waals surface area contributed by atoms with E-state index in [9.17, 15) is 10.1 Å². The molecule has 26 heavy (non-hydrogen) atoms. The molecule has 1 aliphatic rings. The van der Waals surface area contributed by atoms with Gasteiger partial charge in [-0.2, -0.15) is 5.26 Å². The lowest BCUT2D eigenvalue weighted by atomic mass is 10.1. The van der Waals surface area contributed by atoms with Gasteiger partial charge in [0.1, 0.15) is 18.5 Å². The number of nitriles is 1. The van der Waals surface area contributed by atoms with E-state index in [0.717, 1.165) is 10.9 Å². The Labute approximate surface area is 149 Å². The molecular formula is C20H15N3O3. The smallest absolute Gasteiger partial charge is 0.430 e. The maximum Gasteiger partial charge on any atom is 0.509 e. The van der Waals surface area contributed by atoms with Crippen LogP contribution in [0.1, 0.15) is 18.2 Å². The van der Waals surface area contributed by atoms with E-state index in [1.807, 2.05) is 47.0 Å². The Morgan fingerprint density at radius 2 is 2.08 bits per heavy atom. The predicted molar refractivity (Wildman–Crippen MR) is 95.7 cm³/mol. The van der Waals surface area contributed by atoms with E-state index in [1.54, 1.807) is 25.3 Å². The van der Waals surface area contributed by atoms with E-state index < -0.39 is 11.8 Å². The van der Waals surface area contributed by atoms with E-state index >= 15 is 0 Å². The summed E-state index contributed by atoms with van der Waals surface area (Å²) in [5.41, 5.74) is 1.23. The molecule has 4 rings (SSSR count). The molecule has 0 aliphatic carbocycles. The zero-order chi connectivity index (χ0) is 18.1. The molecular weight excluding hydrogens is 330 g/mol. The Hall–Kier alpha value is -3.59. The fraction of sp³-hybridized carbons (Fsp3) is 0.150. The lowest BCUT2D eigenvalue weighted by molar-refractivity contribution is 0.0995. The SMILES string of the molecule is CC1(/C=C/c2c(C#N)c3ccccc3n2-c2ccccn2)COC(=O)O1. The Morgan fingerprint density at radius 3 is 2.77 bits per heavy atom. The summed E-state index contributed by atoms with van der Waals surface area (Å²) < 4.78 is 12.0. The molecule has 0 saturated carbocycles. The van der Waals surface area contributed by atoms with Gasteiger partial charge in [0.2, 0.25) is 0 Å². The van der Waals surface area contributed by atoms with Crippen LogP contribution in [0.2, 0.25) is 0 Å². The topological polar surface area (TPSA) is 77.1 Å². The molecule has 1 fully saturated rings. The number of aromatic nitrogens is 2. The van der Waals surface area contributed by atoms with Crippen molar-refractivity contribution in [3.8, 4) is 11.9 Å². The highest BCUT2D eigenvalue weighted by molar-refractivity contribution is 5.92. The third-order valence-corrected chi connectivity index (χ3v) is 4.29. The summed E-state index contributed by atoms with van der Waals surface area (Å²) in [6.07, 6.45) is 4.54. The number of rotatable bonds is 3. The summed E-state index contributed by atoms with van der Waals surface area (Å²) in [5.74, 6) is 0.703. The summed E-state index contributed by atoms with van der Waals surface area (Å²) >= 11 is 0. The number of fused-ring (bicyclic) bond motifs is 1. The van der Waals surface area contributed by atoms with Crippen LogP contribution in [0.15, 0.2) is 54.7 Å². The summed E-state index contributed by atoms with van der Waals surface area (Å²) in [4.78, 5) is 15.7. The minimum atomic E-state index is -0.866. The number of cyclic esters (lactones) is 2. The van der Waals surface area contributed by atoms with E-state index in [2.05, 4.69) is 11.1 Å². The van der Waals surface area contributed by atoms with E-state index in [4.69, 9.17) is 9.47 Å². The van der Waals surface area contributed by atoms with Crippen molar-refractivity contribution in [3.05, 3.63) is 66.0 Å². The first-order valence-electron chi connectivity index (χ1n) is 8.11. The minimum absolute atomic E-state index is 0.133. The molecule has 1 saturated heterocycles. The summed E-state index contributed by atoms with van der Waals surface area (Å²) in [5, 5.41) is 10.6. The van der Waals surface area contributed by atoms with Crippen LogP contribution >= 0.6 is 0 Å². The fourth-order valence-corrected chi connectivity index (χ4v) is 3.06. The van der Waals surface area contributed by atoms with Gasteiger partial charge in [-0.25, -0.2) is 9.78 Å². The largest absolute Gasteiger partial charge is 0.509 e. The molecule has 0 bridgehead atoms. The Bertz CT molecular complexity index is 1060. The lowest BCUT2D eigenvalue weighted by Gasteiger charge is -2.14. The molecule has 6 nitrogen and oxygen atoms in total. The van der Waals surface area contributed by atoms with Crippen molar-refractivity contribution >= 4 is 23.1 Å². The number of pyridine rings is 1. The maximum atomic E-state index is 11.3. The van der Waals surface area contributed by atoms with Crippen LogP contribution in [0.3, 0.4) is 0 Å². The van der Waals surface area contributed by atoms with Gasteiger partial charge in [0, 0.05) is 11.6 Å². The van der Waals surface area contributed by atoms with Gasteiger partial charge in [0.25, 0.3) is 0 Å². The third kappa shape index (κ3) is 2.60. The normalized spacial score (nSPS) is 19.5. The lowest BCUT2D eigenvalue weighted by Crippen LogP contribution is -2.23. The Kier molecular flexibility index (Phi) is 3.70. The first kappa shape index (κ1) is 15.9. The van der Waals surface area contributed by atoms with Gasteiger partial charge < -0.3 is 9.47 Å². The highest BCUT2D eigenvalue weighted by atomic mass is 16.8. The zero-order valence-corrected chi connectivity index (χ0v) is 14.0. The van der Waals surface area contributed by atoms with Crippen LogP contribution in [0.25, 0.3) is 22.8 Å². The third-order valence-electron chi connectivity index (χ3n) is 4.29. The van der Waals surface area contributed by atoms with E-state index in [-0.39, 0.29) is 6.61 Å². The number of ether oxygens (including phenoxy) is 2. The van der Waals surface area contributed by atoms with E-state index in [1.165, 1.54) is 0 Å². The molecule has 2 aromatic heterocycles. The Balaban J connectivity index is 1.93. The second-order valence-electron chi connectivity index (χ2n) is 6.20. The molecule has 128 valence electrons. The van der Waals surface area contributed by atoms with Crippen LogP contribution < -0.4 is 0 Å². The van der Waals surface area contributed by atoms with Gasteiger partial charge in [0.15, 0.2) is 5.60 Å². The van der Waals surface area contributed by atoms with E-state index in [0.29, 0.717) is 17.1 Å². The van der Waals surface area contributed by atoms with Gasteiger partial charge >= 0.3 is 6.16 Å². The number of benzene rings is 1. The van der Waals surface area contributed by atoms with Crippen LogP contribution in [0.4, 0.5) is 4.79 Å². The number of para-hydroxylation sites is 1. The Morgan fingerprint density at radius 1 is 1.27 bits per heavy atom. The maximum absolute atomic E-state index is 11.3. The number of carbonyl (C=O) groups excluding carboxylic acids is 1. The highest BCUT2D eigenvalue weighted by Gasteiger charge is 2.35. The van der Waals surface area contributed by atoms with Crippen molar-refractivity contribution in [2.75, 3.05) is 6.61 Å². The van der Waals surface area contributed by atoms with Crippen molar-refractivity contribution in [3.63, 3.8) is 0 Å². The van der Waals surface area contributed by atoms with Crippen LogP contribution in [-0.2, 0) is 9.47 Å². The zero-order valence-electron chi connectivity index (χ0n) is 14.0. The second kappa shape index (κ2) is 6.05. The number of hydrogen-bond acceptors (Lipinski definition) is 5. The van der Waals surface area contributed by atoms with Crippen molar-refractivity contribution in [2.45, 2.75) is 12.5 Å². The molecule has 6 heteroatoms. The molecule has 0 N–H and O–H groups in total. The molecule has 1 unspecified atom stereocenters. The average molecular weight is 345 g/mol. The average Bonchev–Trinajstić information content (AvgIpc) is 3.17. The number of carbonyl (C=O) groups is 1. The van der Waals surface area contributed by atoms with Gasteiger partial charge in [-0.15, -0.1) is 0 Å². The van der Waals surface area contributed by atoms with Crippen molar-refractivity contribution < 1.29 is 14.3 Å². The summed E-state index contributed by atoms with van der Waals surface area (Å²) in [6.45, 7) is 1.89. The fourth-order valence-electron chi connectivity index (χ4n) is 3.06. The van der Waals surface area contributed by atoms with Crippen LogP contribution in [0, 0.1) is 11.3 Å². The minimum Gasteiger partial charge on any atom is -0.430 e. The molecule has 0 spiro atoms. The van der Waals surface area contributed by atoms with Crippen molar-refractivity contribution in [1.82, 2.24) is 9.55 Å². The second-order valence-corrected chi connectivity index (χ2v) is 6.20. The predicted octanol–water partition coefficient (Wildman–Crippen LogP) is 3.84. The van der Waals surface area contributed by atoms with Crippen LogP contribution in [0.5, 0.6) is 0 Å². The highest BCUT2D eigenvalue weighted by Crippen LogP contribution is 2.31. The standard InChI is InChI=1S/C20H15N3O3/c1-20(13-25-19(24)26-20)10-9-17-15(12-21)14-6-2-3-7-16(14)23(17)18-8-4-5-11-22-18/h2-11H,13H2,1H3/b10-9+.